The minimum Gasteiger partial charge on any atom is -0.367 e. The topological polar surface area (TPSA) is 53.0 Å². The third-order valence-corrected chi connectivity index (χ3v) is 4.24. The summed E-state index contributed by atoms with van der Waals surface area (Å²) in [4.78, 5) is 2.38. The van der Waals surface area contributed by atoms with Gasteiger partial charge in [-0.15, -0.1) is 0 Å². The number of aryl methyl sites for hydroxylation is 1. The molecule has 2 rings (SSSR count). The van der Waals surface area contributed by atoms with E-state index in [4.69, 9.17) is 5.73 Å². The number of hydrogen-bond acceptors (Lipinski definition) is 3. The number of hydrogen-bond donors (Lipinski definition) is 1. The quantitative estimate of drug-likeness (QED) is 0.902. The normalized spacial score (nSPS) is 22.2. The highest BCUT2D eigenvalue weighted by molar-refractivity contribution is 5.61. The molecule has 1 fully saturated rings. The van der Waals surface area contributed by atoms with Crippen molar-refractivity contribution in [1.82, 2.24) is 0 Å². The van der Waals surface area contributed by atoms with Crippen LogP contribution in [0.25, 0.3) is 0 Å². The Morgan fingerprint density at radius 2 is 2.21 bits per heavy atom. The van der Waals surface area contributed by atoms with E-state index in [1.54, 1.807) is 0 Å². The number of nitrogens with zero attached hydrogens (tertiary/aromatic N) is 2. The number of rotatable bonds is 4. The van der Waals surface area contributed by atoms with Gasteiger partial charge in [0.25, 0.3) is 0 Å². The molecule has 2 N–H and O–H groups in total. The van der Waals surface area contributed by atoms with Gasteiger partial charge in [0.2, 0.25) is 0 Å². The molecule has 2 atom stereocenters. The van der Waals surface area contributed by atoms with E-state index in [1.165, 1.54) is 19.3 Å². The summed E-state index contributed by atoms with van der Waals surface area (Å²) < 4.78 is 0. The minimum absolute atomic E-state index is 0.491. The SMILES string of the molecule is CCN(c1ccc(C)cc1C#N)C1CCCC1CN. The van der Waals surface area contributed by atoms with Gasteiger partial charge < -0.3 is 10.6 Å². The van der Waals surface area contributed by atoms with Gasteiger partial charge in [-0.2, -0.15) is 5.26 Å². The van der Waals surface area contributed by atoms with Crippen molar-refractivity contribution >= 4 is 5.69 Å². The molecule has 0 aliphatic heterocycles. The third-order valence-electron chi connectivity index (χ3n) is 4.24. The Bertz CT molecular complexity index is 475. The number of nitrogens with two attached hydrogens (primary N) is 1. The Morgan fingerprint density at radius 1 is 1.42 bits per heavy atom. The van der Waals surface area contributed by atoms with Crippen LogP contribution in [0, 0.1) is 24.2 Å². The van der Waals surface area contributed by atoms with E-state index < -0.39 is 0 Å². The Kier molecular flexibility index (Phi) is 4.44. The monoisotopic (exact) mass is 257 g/mol. The lowest BCUT2D eigenvalue weighted by Crippen LogP contribution is -2.40. The summed E-state index contributed by atoms with van der Waals surface area (Å²) in [5, 5.41) is 9.35. The van der Waals surface area contributed by atoms with Crippen LogP contribution in [0.1, 0.15) is 37.3 Å². The fourth-order valence-electron chi connectivity index (χ4n) is 3.28. The van der Waals surface area contributed by atoms with Crippen molar-refractivity contribution in [2.75, 3.05) is 18.0 Å². The van der Waals surface area contributed by atoms with Crippen LogP contribution < -0.4 is 10.6 Å². The van der Waals surface area contributed by atoms with Crippen LogP contribution >= 0.6 is 0 Å². The van der Waals surface area contributed by atoms with Crippen molar-refractivity contribution in [3.8, 4) is 6.07 Å². The maximum atomic E-state index is 9.35. The molecule has 0 aromatic heterocycles. The van der Waals surface area contributed by atoms with Crippen LogP contribution in [0.4, 0.5) is 5.69 Å². The van der Waals surface area contributed by atoms with Crippen LogP contribution in [0.3, 0.4) is 0 Å². The lowest BCUT2D eigenvalue weighted by molar-refractivity contribution is 0.462. The second kappa shape index (κ2) is 6.08. The number of anilines is 1. The first-order valence-corrected chi connectivity index (χ1v) is 7.18. The van der Waals surface area contributed by atoms with E-state index >= 15 is 0 Å². The Balaban J connectivity index is 2.34. The van der Waals surface area contributed by atoms with E-state index in [1.807, 2.05) is 13.0 Å². The van der Waals surface area contributed by atoms with E-state index in [0.717, 1.165) is 29.9 Å². The molecule has 1 aromatic carbocycles. The summed E-state index contributed by atoms with van der Waals surface area (Å²) >= 11 is 0. The summed E-state index contributed by atoms with van der Waals surface area (Å²) in [6.07, 6.45) is 3.65. The van der Waals surface area contributed by atoms with Crippen LogP contribution in [0.2, 0.25) is 0 Å². The molecule has 0 heterocycles. The van der Waals surface area contributed by atoms with Gasteiger partial charge in [0.1, 0.15) is 6.07 Å². The first-order valence-electron chi connectivity index (χ1n) is 7.18. The molecule has 1 aliphatic rings. The zero-order chi connectivity index (χ0) is 13.8. The highest BCUT2D eigenvalue weighted by Crippen LogP contribution is 2.34. The average molecular weight is 257 g/mol. The zero-order valence-corrected chi connectivity index (χ0v) is 11.9. The molecule has 0 amide bonds. The maximum absolute atomic E-state index is 9.35. The molecule has 0 bridgehead atoms. The van der Waals surface area contributed by atoms with Crippen molar-refractivity contribution < 1.29 is 0 Å². The highest BCUT2D eigenvalue weighted by Gasteiger charge is 2.31. The Morgan fingerprint density at radius 3 is 2.84 bits per heavy atom. The molecule has 3 heteroatoms. The summed E-state index contributed by atoms with van der Waals surface area (Å²) in [5.41, 5.74) is 8.89. The van der Waals surface area contributed by atoms with Gasteiger partial charge in [-0.1, -0.05) is 12.5 Å². The van der Waals surface area contributed by atoms with Gasteiger partial charge >= 0.3 is 0 Å². The van der Waals surface area contributed by atoms with Gasteiger partial charge in [-0.05, 0) is 56.8 Å². The van der Waals surface area contributed by atoms with Crippen molar-refractivity contribution in [2.45, 2.75) is 39.2 Å². The van der Waals surface area contributed by atoms with Crippen LogP contribution in [-0.2, 0) is 0 Å². The summed E-state index contributed by atoms with van der Waals surface area (Å²) in [6, 6.07) is 8.98. The van der Waals surface area contributed by atoms with Gasteiger partial charge in [-0.3, -0.25) is 0 Å². The molecule has 3 nitrogen and oxygen atoms in total. The van der Waals surface area contributed by atoms with Crippen molar-refractivity contribution in [3.05, 3.63) is 29.3 Å². The molecule has 102 valence electrons. The molecule has 1 saturated carbocycles. The lowest BCUT2D eigenvalue weighted by atomic mass is 10.00. The maximum Gasteiger partial charge on any atom is 0.101 e. The first-order chi connectivity index (χ1) is 9.21. The summed E-state index contributed by atoms with van der Waals surface area (Å²) in [7, 11) is 0. The Hall–Kier alpha value is -1.53. The van der Waals surface area contributed by atoms with E-state index in [2.05, 4.69) is 30.0 Å². The predicted octanol–water partition coefficient (Wildman–Crippen LogP) is 2.82. The van der Waals surface area contributed by atoms with Gasteiger partial charge in [0.15, 0.2) is 0 Å². The molecule has 1 aliphatic carbocycles. The number of nitriles is 1. The van der Waals surface area contributed by atoms with Crippen LogP contribution in [0.15, 0.2) is 18.2 Å². The van der Waals surface area contributed by atoms with Gasteiger partial charge in [0.05, 0.1) is 11.3 Å². The summed E-state index contributed by atoms with van der Waals surface area (Å²) in [5.74, 6) is 0.563. The van der Waals surface area contributed by atoms with E-state index in [9.17, 15) is 5.26 Å². The standard InChI is InChI=1S/C16H23N3/c1-3-19(15-6-4-5-13(15)10-17)16-8-7-12(2)9-14(16)11-18/h7-9,13,15H,3-6,10,17H2,1-2H3. The first kappa shape index (κ1) is 13.9. The van der Waals surface area contributed by atoms with Crippen LogP contribution in [-0.4, -0.2) is 19.1 Å². The van der Waals surface area contributed by atoms with Gasteiger partial charge in [0, 0.05) is 12.6 Å². The molecule has 1 aromatic rings. The average Bonchev–Trinajstić information content (AvgIpc) is 2.89. The highest BCUT2D eigenvalue weighted by atomic mass is 15.2. The lowest BCUT2D eigenvalue weighted by Gasteiger charge is -2.34. The molecule has 0 spiro atoms. The molecular formula is C16H23N3. The predicted molar refractivity (Wildman–Crippen MR) is 79.1 cm³/mol. The van der Waals surface area contributed by atoms with Gasteiger partial charge in [-0.25, -0.2) is 0 Å². The van der Waals surface area contributed by atoms with E-state index in [-0.39, 0.29) is 0 Å². The molecular weight excluding hydrogens is 234 g/mol. The van der Waals surface area contributed by atoms with Crippen LogP contribution in [0.5, 0.6) is 0 Å². The summed E-state index contributed by atoms with van der Waals surface area (Å²) in [6.45, 7) is 5.86. The second-order valence-electron chi connectivity index (χ2n) is 5.41. The molecule has 0 saturated heterocycles. The largest absolute Gasteiger partial charge is 0.367 e. The Labute approximate surface area is 116 Å². The fourth-order valence-corrected chi connectivity index (χ4v) is 3.28. The zero-order valence-electron chi connectivity index (χ0n) is 11.9. The molecule has 2 unspecified atom stereocenters. The smallest absolute Gasteiger partial charge is 0.101 e. The van der Waals surface area contributed by atoms with Crippen molar-refractivity contribution in [3.63, 3.8) is 0 Å². The third kappa shape index (κ3) is 2.74. The number of benzene rings is 1. The molecule has 19 heavy (non-hydrogen) atoms. The van der Waals surface area contributed by atoms with Crippen molar-refractivity contribution in [1.29, 1.82) is 5.26 Å². The fraction of sp³-hybridized carbons (Fsp3) is 0.562. The minimum atomic E-state index is 0.491. The second-order valence-corrected chi connectivity index (χ2v) is 5.41. The van der Waals surface area contributed by atoms with Crippen molar-refractivity contribution in [2.24, 2.45) is 11.7 Å². The molecule has 0 radical (unpaired) electrons. The van der Waals surface area contributed by atoms with E-state index in [0.29, 0.717) is 12.0 Å².